The maximum Gasteiger partial charge on any atom is 0.228 e. The summed E-state index contributed by atoms with van der Waals surface area (Å²) in [4.78, 5) is 30.3. The van der Waals surface area contributed by atoms with Gasteiger partial charge in [0.15, 0.2) is 10.8 Å². The summed E-state index contributed by atoms with van der Waals surface area (Å²) in [7, 11) is 0. The highest BCUT2D eigenvalue weighted by atomic mass is 32.2. The van der Waals surface area contributed by atoms with Crippen molar-refractivity contribution >= 4 is 46.0 Å². The van der Waals surface area contributed by atoms with Crippen LogP contribution in [0, 0.1) is 6.92 Å². The summed E-state index contributed by atoms with van der Waals surface area (Å²) < 4.78 is 1.72. The molecule has 0 radical (unpaired) electrons. The number of nitrogens with zero attached hydrogens (tertiary/aromatic N) is 7. The van der Waals surface area contributed by atoms with E-state index in [1.807, 2.05) is 17.2 Å². The Bertz CT molecular complexity index is 1360. The number of fused-ring (bicyclic) bond motifs is 2. The first-order valence-corrected chi connectivity index (χ1v) is 12.6. The van der Waals surface area contributed by atoms with Gasteiger partial charge in [0.1, 0.15) is 5.82 Å². The lowest BCUT2D eigenvalue weighted by atomic mass is 10.0. The van der Waals surface area contributed by atoms with Crippen LogP contribution in [0.4, 0.5) is 11.8 Å². The van der Waals surface area contributed by atoms with Gasteiger partial charge in [0, 0.05) is 50.1 Å². The molecular weight excluding hydrogens is 448 g/mol. The van der Waals surface area contributed by atoms with Crippen LogP contribution in [0.5, 0.6) is 0 Å². The van der Waals surface area contributed by atoms with E-state index in [-0.39, 0.29) is 11.9 Å². The third-order valence-electron chi connectivity index (χ3n) is 6.31. The van der Waals surface area contributed by atoms with E-state index in [0.717, 1.165) is 46.6 Å². The molecule has 4 heterocycles. The van der Waals surface area contributed by atoms with Crippen molar-refractivity contribution in [1.82, 2.24) is 29.5 Å². The molecule has 0 unspecified atom stereocenters. The van der Waals surface area contributed by atoms with Gasteiger partial charge in [-0.05, 0) is 31.7 Å². The van der Waals surface area contributed by atoms with E-state index in [4.69, 9.17) is 4.98 Å². The van der Waals surface area contributed by atoms with Crippen LogP contribution in [0.2, 0.25) is 0 Å². The Hall–Kier alpha value is -3.40. The number of piperazine rings is 1. The van der Waals surface area contributed by atoms with Crippen molar-refractivity contribution in [2.75, 3.05) is 42.7 Å². The summed E-state index contributed by atoms with van der Waals surface area (Å²) in [5, 5.41) is 9.74. The smallest absolute Gasteiger partial charge is 0.228 e. The first-order valence-electron chi connectivity index (χ1n) is 11.4. The van der Waals surface area contributed by atoms with Gasteiger partial charge < -0.3 is 15.1 Å². The summed E-state index contributed by atoms with van der Waals surface area (Å²) >= 11 is 1.50. The quantitative estimate of drug-likeness (QED) is 0.438. The molecule has 1 saturated heterocycles. The number of aromatic nitrogens is 5. The number of rotatable bonds is 5. The number of aryl methyl sites for hydroxylation is 1. The van der Waals surface area contributed by atoms with Crippen molar-refractivity contribution in [3.63, 3.8) is 0 Å². The molecule has 0 aliphatic carbocycles. The predicted molar refractivity (Wildman–Crippen MR) is 136 cm³/mol. The number of nitrogens with one attached hydrogen (secondary N) is 1. The van der Waals surface area contributed by atoms with E-state index in [2.05, 4.69) is 63.4 Å². The fraction of sp³-hybridized carbons (Fsp3) is 0.375. The minimum Gasteiger partial charge on any atom is -0.353 e. The SMILES string of the molecule is CSc1nc(N[C@@H](C)c2cc3cccc(C)c3nc2N2CCN(C(C)=O)CC2)n2nccc2n1. The average Bonchev–Trinajstić information content (AvgIpc) is 3.32. The van der Waals surface area contributed by atoms with Crippen LogP contribution in [-0.4, -0.2) is 67.8 Å². The zero-order chi connectivity index (χ0) is 23.8. The van der Waals surface area contributed by atoms with Crippen LogP contribution in [0.25, 0.3) is 16.6 Å². The van der Waals surface area contributed by atoms with Crippen molar-refractivity contribution in [1.29, 1.82) is 0 Å². The number of hydrogen-bond acceptors (Lipinski definition) is 8. The van der Waals surface area contributed by atoms with Crippen LogP contribution in [0.3, 0.4) is 0 Å². The highest BCUT2D eigenvalue weighted by Crippen LogP contribution is 2.32. The Morgan fingerprint density at radius 2 is 1.91 bits per heavy atom. The number of pyridine rings is 1. The Morgan fingerprint density at radius 1 is 1.12 bits per heavy atom. The summed E-state index contributed by atoms with van der Waals surface area (Å²) in [6.45, 7) is 8.72. The standard InChI is InChI=1S/C24H28N8OS/c1-15-6-5-7-18-14-19(22(28-21(15)18)31-12-10-30(11-13-31)17(3)33)16(2)26-23-29-24(34-4)27-20-8-9-25-32(20)23/h5-9,14,16H,10-13H2,1-4H3,(H,26,27,29)/t16-/m0/s1. The van der Waals surface area contributed by atoms with Gasteiger partial charge in [0.2, 0.25) is 11.9 Å². The van der Waals surface area contributed by atoms with Gasteiger partial charge in [-0.2, -0.15) is 14.6 Å². The molecular formula is C24H28N8OS. The van der Waals surface area contributed by atoms with E-state index >= 15 is 0 Å². The molecule has 5 rings (SSSR count). The first kappa shape index (κ1) is 22.4. The third-order valence-corrected chi connectivity index (χ3v) is 6.86. The molecule has 1 aliphatic heterocycles. The van der Waals surface area contributed by atoms with Crippen LogP contribution < -0.4 is 10.2 Å². The molecule has 34 heavy (non-hydrogen) atoms. The number of para-hydroxylation sites is 1. The van der Waals surface area contributed by atoms with Gasteiger partial charge in [-0.25, -0.2) is 9.97 Å². The maximum atomic E-state index is 11.8. The molecule has 0 saturated carbocycles. The van der Waals surface area contributed by atoms with E-state index < -0.39 is 0 Å². The first-order chi connectivity index (χ1) is 16.4. The fourth-order valence-electron chi connectivity index (χ4n) is 4.42. The monoisotopic (exact) mass is 476 g/mol. The average molecular weight is 477 g/mol. The summed E-state index contributed by atoms with van der Waals surface area (Å²) in [6, 6.07) is 10.3. The minimum absolute atomic E-state index is 0.0877. The van der Waals surface area contributed by atoms with Gasteiger partial charge in [0.25, 0.3) is 0 Å². The van der Waals surface area contributed by atoms with E-state index in [1.165, 1.54) is 11.8 Å². The lowest BCUT2D eigenvalue weighted by Crippen LogP contribution is -2.48. The Labute approximate surface area is 202 Å². The normalized spacial score (nSPS) is 15.2. The molecule has 9 nitrogen and oxygen atoms in total. The van der Waals surface area contributed by atoms with Crippen molar-refractivity contribution in [3.05, 3.63) is 47.7 Å². The van der Waals surface area contributed by atoms with Crippen molar-refractivity contribution < 1.29 is 4.79 Å². The van der Waals surface area contributed by atoms with E-state index in [9.17, 15) is 4.79 Å². The zero-order valence-corrected chi connectivity index (χ0v) is 20.6. The predicted octanol–water partition coefficient (Wildman–Crippen LogP) is 3.54. The molecule has 1 amide bonds. The number of benzene rings is 1. The summed E-state index contributed by atoms with van der Waals surface area (Å²) in [6.07, 6.45) is 3.69. The van der Waals surface area contributed by atoms with Gasteiger partial charge in [-0.3, -0.25) is 4.79 Å². The van der Waals surface area contributed by atoms with Crippen molar-refractivity contribution in [3.8, 4) is 0 Å². The number of hydrogen-bond donors (Lipinski definition) is 1. The molecule has 0 spiro atoms. The second-order valence-corrected chi connectivity index (χ2v) is 9.32. The number of thioether (sulfide) groups is 1. The number of amides is 1. The number of anilines is 2. The fourth-order valence-corrected chi connectivity index (χ4v) is 4.78. The number of carbonyl (C=O) groups excluding carboxylic acids is 1. The maximum absolute atomic E-state index is 11.8. The summed E-state index contributed by atoms with van der Waals surface area (Å²) in [5.41, 5.74) is 3.98. The molecule has 1 atom stereocenters. The Kier molecular flexibility index (Phi) is 5.99. The lowest BCUT2D eigenvalue weighted by Gasteiger charge is -2.36. The van der Waals surface area contributed by atoms with E-state index in [1.54, 1.807) is 17.6 Å². The molecule has 1 aromatic carbocycles. The minimum atomic E-state index is -0.0877. The molecule has 0 bridgehead atoms. The molecule has 10 heteroatoms. The van der Waals surface area contributed by atoms with Crippen LogP contribution in [0.15, 0.2) is 41.7 Å². The van der Waals surface area contributed by atoms with Crippen molar-refractivity contribution in [2.24, 2.45) is 0 Å². The van der Waals surface area contributed by atoms with Crippen molar-refractivity contribution in [2.45, 2.75) is 32.0 Å². The Morgan fingerprint density at radius 3 is 2.65 bits per heavy atom. The Balaban J connectivity index is 1.55. The largest absolute Gasteiger partial charge is 0.353 e. The second-order valence-electron chi connectivity index (χ2n) is 8.54. The zero-order valence-electron chi connectivity index (χ0n) is 19.8. The lowest BCUT2D eigenvalue weighted by molar-refractivity contribution is -0.129. The number of carbonyl (C=O) groups is 1. The second kappa shape index (κ2) is 9.09. The van der Waals surface area contributed by atoms with Crippen LogP contribution in [0.1, 0.15) is 31.0 Å². The van der Waals surface area contributed by atoms with Gasteiger partial charge in [-0.15, -0.1) is 0 Å². The molecule has 1 aliphatic rings. The highest BCUT2D eigenvalue weighted by molar-refractivity contribution is 7.98. The molecule has 3 aromatic heterocycles. The third kappa shape index (κ3) is 4.13. The van der Waals surface area contributed by atoms with Gasteiger partial charge in [0.05, 0.1) is 17.8 Å². The molecule has 4 aromatic rings. The molecule has 1 N–H and O–H groups in total. The van der Waals surface area contributed by atoms with Crippen LogP contribution in [-0.2, 0) is 4.79 Å². The molecule has 1 fully saturated rings. The van der Waals surface area contributed by atoms with E-state index in [0.29, 0.717) is 24.2 Å². The van der Waals surface area contributed by atoms with Crippen LogP contribution >= 0.6 is 11.8 Å². The molecule has 176 valence electrons. The summed E-state index contributed by atoms with van der Waals surface area (Å²) in [5.74, 6) is 1.71. The topological polar surface area (TPSA) is 91.6 Å². The highest BCUT2D eigenvalue weighted by Gasteiger charge is 2.25. The van der Waals surface area contributed by atoms with Gasteiger partial charge in [-0.1, -0.05) is 30.0 Å². The van der Waals surface area contributed by atoms with Gasteiger partial charge >= 0.3 is 0 Å².